The number of hydrogen-bond donors (Lipinski definition) is 2. The molecular weight excluding hydrogens is 499 g/mol. The maximum Gasteiger partial charge on any atom is 0.158 e. The van der Waals surface area contributed by atoms with Crippen molar-refractivity contribution in [2.45, 2.75) is 73.6 Å². The normalized spacial score (nSPS) is 21.5. The van der Waals surface area contributed by atoms with Crippen molar-refractivity contribution in [2.24, 2.45) is 5.41 Å². The van der Waals surface area contributed by atoms with Gasteiger partial charge in [-0.15, -0.1) is 0 Å². The van der Waals surface area contributed by atoms with Crippen LogP contribution in [0.2, 0.25) is 10.2 Å². The molecule has 1 spiro atoms. The van der Waals surface area contributed by atoms with E-state index in [1.807, 2.05) is 20.8 Å². The van der Waals surface area contributed by atoms with E-state index in [1.54, 1.807) is 18.5 Å². The average molecular weight is 530 g/mol. The van der Waals surface area contributed by atoms with Crippen LogP contribution in [-0.4, -0.2) is 43.0 Å². The summed E-state index contributed by atoms with van der Waals surface area (Å²) in [4.78, 5) is 16.1. The number of nitrogens with zero attached hydrogens (tertiary/aromatic N) is 4. The minimum atomic E-state index is -1.05. The van der Waals surface area contributed by atoms with Crippen LogP contribution in [0.25, 0.3) is 0 Å². The second kappa shape index (κ2) is 9.85. The Labute approximate surface area is 212 Å². The molecule has 0 radical (unpaired) electrons. The van der Waals surface area contributed by atoms with E-state index in [2.05, 4.69) is 24.6 Å². The van der Waals surface area contributed by atoms with Gasteiger partial charge in [0, 0.05) is 30.2 Å². The van der Waals surface area contributed by atoms with E-state index in [9.17, 15) is 4.21 Å². The van der Waals surface area contributed by atoms with Crippen molar-refractivity contribution in [2.75, 3.05) is 23.7 Å². The molecule has 1 aliphatic carbocycles. The number of rotatable bonds is 5. The Morgan fingerprint density at radius 3 is 2.64 bits per heavy atom. The van der Waals surface area contributed by atoms with Crippen LogP contribution in [0.1, 0.15) is 52.9 Å². The highest BCUT2D eigenvalue weighted by molar-refractivity contribution is 7.99. The summed E-state index contributed by atoms with van der Waals surface area (Å²) in [5.74, 6) is 1.15. The van der Waals surface area contributed by atoms with Crippen LogP contribution in [0.5, 0.6) is 0 Å². The summed E-state index contributed by atoms with van der Waals surface area (Å²) in [6.45, 7) is 7.81. The standard InChI is InChI=1S/C22H30Cl2N6OS2/c1-21(2,3)33(31)29-15-5-4-7-22(15)8-11-30(12-9-22)16-13-27-20(19(25)28-16)32-14-6-10-26-18(24)17(14)23/h6,10,13,15,29H,4-5,7-9,11-12H2,1-3H3,(H2,25,28). The van der Waals surface area contributed by atoms with Crippen molar-refractivity contribution >= 4 is 57.6 Å². The smallest absolute Gasteiger partial charge is 0.158 e. The molecule has 11 heteroatoms. The third-order valence-electron chi connectivity index (χ3n) is 6.56. The van der Waals surface area contributed by atoms with E-state index >= 15 is 0 Å². The molecule has 2 aliphatic rings. The van der Waals surface area contributed by atoms with Gasteiger partial charge in [0.25, 0.3) is 0 Å². The molecule has 3 heterocycles. The van der Waals surface area contributed by atoms with Gasteiger partial charge < -0.3 is 10.6 Å². The molecule has 0 bridgehead atoms. The Morgan fingerprint density at radius 2 is 1.97 bits per heavy atom. The van der Waals surface area contributed by atoms with Gasteiger partial charge in [0.2, 0.25) is 0 Å². The molecule has 4 rings (SSSR count). The van der Waals surface area contributed by atoms with Crippen LogP contribution in [0, 0.1) is 5.41 Å². The van der Waals surface area contributed by atoms with Gasteiger partial charge in [0.1, 0.15) is 16.0 Å². The van der Waals surface area contributed by atoms with Crippen LogP contribution in [0.15, 0.2) is 28.4 Å². The Bertz CT molecular complexity index is 1040. The molecule has 0 aromatic carbocycles. The van der Waals surface area contributed by atoms with Crippen LogP contribution < -0.4 is 15.4 Å². The number of pyridine rings is 1. The molecular formula is C22H30Cl2N6OS2. The van der Waals surface area contributed by atoms with Gasteiger partial charge in [-0.2, -0.15) is 0 Å². The number of aromatic nitrogens is 3. The highest BCUT2D eigenvalue weighted by atomic mass is 35.5. The molecule has 1 saturated carbocycles. The summed E-state index contributed by atoms with van der Waals surface area (Å²) >= 11 is 13.6. The molecule has 2 aromatic heterocycles. The van der Waals surface area contributed by atoms with E-state index in [4.69, 9.17) is 28.9 Å². The lowest BCUT2D eigenvalue weighted by Gasteiger charge is -2.44. The first kappa shape index (κ1) is 25.0. The first-order valence-electron chi connectivity index (χ1n) is 11.1. The van der Waals surface area contributed by atoms with Crippen molar-refractivity contribution in [3.8, 4) is 0 Å². The van der Waals surface area contributed by atoms with Gasteiger partial charge in [0.15, 0.2) is 5.82 Å². The first-order valence-corrected chi connectivity index (χ1v) is 13.8. The first-order chi connectivity index (χ1) is 15.6. The lowest BCUT2D eigenvalue weighted by molar-refractivity contribution is 0.188. The molecule has 2 aromatic rings. The molecule has 1 aliphatic heterocycles. The average Bonchev–Trinajstić information content (AvgIpc) is 3.14. The number of nitrogens with two attached hydrogens (primary N) is 1. The van der Waals surface area contributed by atoms with Crippen LogP contribution in [-0.2, 0) is 11.0 Å². The van der Waals surface area contributed by atoms with Gasteiger partial charge >= 0.3 is 0 Å². The van der Waals surface area contributed by atoms with Crippen LogP contribution in [0.4, 0.5) is 11.6 Å². The Balaban J connectivity index is 1.42. The van der Waals surface area contributed by atoms with E-state index in [0.29, 0.717) is 21.9 Å². The molecule has 2 unspecified atom stereocenters. The summed E-state index contributed by atoms with van der Waals surface area (Å²) < 4.78 is 15.9. The Morgan fingerprint density at radius 1 is 1.24 bits per heavy atom. The van der Waals surface area contributed by atoms with E-state index in [-0.39, 0.29) is 15.3 Å². The maximum atomic E-state index is 12.7. The topological polar surface area (TPSA) is 97.0 Å². The summed E-state index contributed by atoms with van der Waals surface area (Å²) in [5, 5.41) is 1.21. The molecule has 1 saturated heterocycles. The molecule has 2 fully saturated rings. The van der Waals surface area contributed by atoms with Gasteiger partial charge in [-0.1, -0.05) is 41.4 Å². The SMILES string of the molecule is CC(C)(C)S(=O)NC1CCCC12CCN(c1cnc(Sc3ccnc(Cl)c3Cl)c(N)n1)CC2. The second-order valence-corrected chi connectivity index (χ2v) is 13.5. The molecule has 0 amide bonds. The number of nitrogen functional groups attached to an aromatic ring is 1. The minimum absolute atomic E-state index is 0.198. The second-order valence-electron chi connectivity index (χ2n) is 9.73. The molecule has 180 valence electrons. The summed E-state index contributed by atoms with van der Waals surface area (Å²) in [5.41, 5.74) is 6.44. The van der Waals surface area contributed by atoms with E-state index in [1.165, 1.54) is 24.6 Å². The summed E-state index contributed by atoms with van der Waals surface area (Å²) in [6, 6.07) is 2.07. The summed E-state index contributed by atoms with van der Waals surface area (Å²) in [6.07, 6.45) is 8.89. The van der Waals surface area contributed by atoms with E-state index < -0.39 is 11.0 Å². The Kier molecular flexibility index (Phi) is 7.46. The van der Waals surface area contributed by atoms with E-state index in [0.717, 1.165) is 43.1 Å². The highest BCUT2D eigenvalue weighted by Crippen LogP contribution is 2.47. The lowest BCUT2D eigenvalue weighted by atomic mass is 9.74. The number of nitrogens with one attached hydrogen (secondary N) is 1. The fraction of sp³-hybridized carbons (Fsp3) is 0.591. The predicted molar refractivity (Wildman–Crippen MR) is 137 cm³/mol. The zero-order chi connectivity index (χ0) is 23.8. The maximum absolute atomic E-state index is 12.7. The number of anilines is 2. The van der Waals surface area contributed by atoms with Gasteiger partial charge in [0.05, 0.1) is 27.0 Å². The van der Waals surface area contributed by atoms with Gasteiger partial charge in [-0.3, -0.25) is 0 Å². The fourth-order valence-electron chi connectivity index (χ4n) is 4.61. The van der Waals surface area contributed by atoms with Crippen LogP contribution >= 0.6 is 35.0 Å². The number of halogens is 2. The largest absolute Gasteiger partial charge is 0.381 e. The fourth-order valence-corrected chi connectivity index (χ4v) is 6.81. The highest BCUT2D eigenvalue weighted by Gasteiger charge is 2.46. The van der Waals surface area contributed by atoms with Gasteiger partial charge in [-0.25, -0.2) is 23.9 Å². The van der Waals surface area contributed by atoms with Crippen molar-refractivity contribution in [3.05, 3.63) is 28.6 Å². The molecule has 2 atom stereocenters. The van der Waals surface area contributed by atoms with Crippen molar-refractivity contribution in [1.29, 1.82) is 0 Å². The zero-order valence-electron chi connectivity index (χ0n) is 19.1. The quantitative estimate of drug-likeness (QED) is 0.520. The van der Waals surface area contributed by atoms with Crippen molar-refractivity contribution in [1.82, 2.24) is 19.7 Å². The van der Waals surface area contributed by atoms with Crippen LogP contribution in [0.3, 0.4) is 0 Å². The summed E-state index contributed by atoms with van der Waals surface area (Å²) in [7, 11) is -1.05. The molecule has 3 N–H and O–H groups in total. The number of piperidine rings is 1. The molecule has 33 heavy (non-hydrogen) atoms. The third-order valence-corrected chi connectivity index (χ3v) is 10.1. The van der Waals surface area contributed by atoms with Gasteiger partial charge in [-0.05, 0) is 57.9 Å². The third kappa shape index (κ3) is 5.42. The monoisotopic (exact) mass is 528 g/mol. The van der Waals surface area contributed by atoms with Crippen molar-refractivity contribution in [3.63, 3.8) is 0 Å². The zero-order valence-corrected chi connectivity index (χ0v) is 22.3. The van der Waals surface area contributed by atoms with Crippen molar-refractivity contribution < 1.29 is 4.21 Å². The minimum Gasteiger partial charge on any atom is -0.381 e. The Hall–Kier alpha value is -1.13. The lowest BCUT2D eigenvalue weighted by Crippen LogP contribution is -2.51. The molecule has 7 nitrogen and oxygen atoms in total. The number of hydrogen-bond acceptors (Lipinski definition) is 7. The predicted octanol–water partition coefficient (Wildman–Crippen LogP) is 5.10.